The summed E-state index contributed by atoms with van der Waals surface area (Å²) in [7, 11) is 0. The van der Waals surface area contributed by atoms with Gasteiger partial charge in [-0.3, -0.25) is 4.79 Å². The van der Waals surface area contributed by atoms with Crippen molar-refractivity contribution in [1.29, 1.82) is 0 Å². The fourth-order valence-electron chi connectivity index (χ4n) is 1.59. The number of anilines is 1. The Morgan fingerprint density at radius 1 is 1.19 bits per heavy atom. The molecule has 0 unspecified atom stereocenters. The van der Waals surface area contributed by atoms with Crippen LogP contribution in [-0.4, -0.2) is 29.3 Å². The van der Waals surface area contributed by atoms with E-state index in [1.54, 1.807) is 0 Å². The van der Waals surface area contributed by atoms with Crippen molar-refractivity contribution in [3.8, 4) is 11.5 Å². The molecule has 2 aromatic rings. The van der Waals surface area contributed by atoms with Crippen LogP contribution < -0.4 is 14.8 Å². The summed E-state index contributed by atoms with van der Waals surface area (Å²) in [6, 6.07) is 7.31. The largest absolute Gasteiger partial charge is 0.494 e. The Balaban J connectivity index is 1.72. The van der Waals surface area contributed by atoms with Crippen LogP contribution in [0.2, 0.25) is 0 Å². The van der Waals surface area contributed by atoms with Crippen molar-refractivity contribution < 1.29 is 14.3 Å². The average Bonchev–Trinajstić information content (AvgIpc) is 2.86. The zero-order valence-corrected chi connectivity index (χ0v) is 12.8. The molecule has 0 aliphatic carbocycles. The Morgan fingerprint density at radius 3 is 2.43 bits per heavy atom. The number of carbonyl (C=O) groups excluding carboxylic acids is 1. The number of benzene rings is 1. The van der Waals surface area contributed by atoms with Gasteiger partial charge in [0, 0.05) is 0 Å². The quantitative estimate of drug-likeness (QED) is 0.851. The molecule has 0 spiro atoms. The normalized spacial score (nSPS) is 10.2. The minimum atomic E-state index is -0.142. The number of ether oxygens (including phenoxy) is 2. The summed E-state index contributed by atoms with van der Waals surface area (Å²) >= 11 is 1.34. The summed E-state index contributed by atoms with van der Waals surface area (Å²) in [6.45, 7) is 4.70. The SMILES string of the molecule is CCOc1ccc(OCCC(=O)Nc2nnc(C)s2)cc1. The van der Waals surface area contributed by atoms with E-state index in [1.165, 1.54) is 11.3 Å². The first-order valence-electron chi connectivity index (χ1n) is 6.63. The lowest BCUT2D eigenvalue weighted by atomic mass is 10.3. The predicted octanol–water partition coefficient (Wildman–Crippen LogP) is 2.65. The van der Waals surface area contributed by atoms with E-state index in [1.807, 2.05) is 38.1 Å². The summed E-state index contributed by atoms with van der Waals surface area (Å²) in [4.78, 5) is 11.7. The number of hydrogen-bond acceptors (Lipinski definition) is 6. The van der Waals surface area contributed by atoms with Crippen LogP contribution in [0.3, 0.4) is 0 Å². The summed E-state index contributed by atoms with van der Waals surface area (Å²) in [5.74, 6) is 1.37. The van der Waals surface area contributed by atoms with E-state index in [2.05, 4.69) is 15.5 Å². The van der Waals surface area contributed by atoms with E-state index < -0.39 is 0 Å². The van der Waals surface area contributed by atoms with Crippen molar-refractivity contribution in [2.45, 2.75) is 20.3 Å². The van der Waals surface area contributed by atoms with Crippen LogP contribution in [0, 0.1) is 6.92 Å². The molecule has 0 fully saturated rings. The summed E-state index contributed by atoms with van der Waals surface area (Å²) in [5, 5.41) is 11.7. The number of nitrogens with one attached hydrogen (secondary N) is 1. The van der Waals surface area contributed by atoms with Crippen molar-refractivity contribution in [2.75, 3.05) is 18.5 Å². The third-order valence-electron chi connectivity index (χ3n) is 2.50. The van der Waals surface area contributed by atoms with Crippen molar-refractivity contribution in [2.24, 2.45) is 0 Å². The second-order valence-electron chi connectivity index (χ2n) is 4.18. The fourth-order valence-corrected chi connectivity index (χ4v) is 2.20. The van der Waals surface area contributed by atoms with Gasteiger partial charge in [0.05, 0.1) is 19.6 Å². The number of rotatable bonds is 7. The molecular weight excluding hydrogens is 290 g/mol. The molecule has 1 aromatic heterocycles. The second kappa shape index (κ2) is 7.58. The highest BCUT2D eigenvalue weighted by atomic mass is 32.1. The van der Waals surface area contributed by atoms with Crippen molar-refractivity contribution in [3.05, 3.63) is 29.3 Å². The average molecular weight is 307 g/mol. The van der Waals surface area contributed by atoms with Gasteiger partial charge < -0.3 is 14.8 Å². The number of carbonyl (C=O) groups is 1. The summed E-state index contributed by atoms with van der Waals surface area (Å²) in [6.07, 6.45) is 0.256. The van der Waals surface area contributed by atoms with Gasteiger partial charge >= 0.3 is 0 Å². The van der Waals surface area contributed by atoms with E-state index in [-0.39, 0.29) is 12.3 Å². The van der Waals surface area contributed by atoms with E-state index in [0.717, 1.165) is 10.8 Å². The van der Waals surface area contributed by atoms with Crippen molar-refractivity contribution >= 4 is 22.4 Å². The third kappa shape index (κ3) is 5.03. The Hall–Kier alpha value is -2.15. The molecule has 0 aliphatic heterocycles. The van der Waals surface area contributed by atoms with Gasteiger partial charge in [0.2, 0.25) is 11.0 Å². The van der Waals surface area contributed by atoms with Crippen molar-refractivity contribution in [1.82, 2.24) is 10.2 Å². The topological polar surface area (TPSA) is 73.3 Å². The van der Waals surface area contributed by atoms with Gasteiger partial charge in [0.25, 0.3) is 0 Å². The lowest BCUT2D eigenvalue weighted by Crippen LogP contribution is -2.15. The monoisotopic (exact) mass is 307 g/mol. The molecule has 1 heterocycles. The maximum atomic E-state index is 11.7. The molecule has 0 aliphatic rings. The smallest absolute Gasteiger partial charge is 0.229 e. The molecule has 0 atom stereocenters. The lowest BCUT2D eigenvalue weighted by Gasteiger charge is -2.07. The van der Waals surface area contributed by atoms with E-state index in [0.29, 0.717) is 24.1 Å². The lowest BCUT2D eigenvalue weighted by molar-refractivity contribution is -0.116. The zero-order chi connectivity index (χ0) is 15.1. The van der Waals surface area contributed by atoms with E-state index >= 15 is 0 Å². The number of aryl methyl sites for hydroxylation is 1. The minimum absolute atomic E-state index is 0.142. The molecule has 1 aromatic carbocycles. The van der Waals surface area contributed by atoms with Gasteiger partial charge in [0.1, 0.15) is 16.5 Å². The van der Waals surface area contributed by atoms with Gasteiger partial charge in [-0.25, -0.2) is 0 Å². The van der Waals surface area contributed by atoms with Crippen LogP contribution in [-0.2, 0) is 4.79 Å². The number of amides is 1. The first kappa shape index (κ1) is 15.2. The molecule has 0 saturated heterocycles. The molecule has 0 bridgehead atoms. The second-order valence-corrected chi connectivity index (χ2v) is 5.36. The van der Waals surface area contributed by atoms with Crippen LogP contribution in [0.25, 0.3) is 0 Å². The number of hydrogen-bond donors (Lipinski definition) is 1. The van der Waals surface area contributed by atoms with E-state index in [4.69, 9.17) is 9.47 Å². The van der Waals surface area contributed by atoms with Crippen LogP contribution in [0.1, 0.15) is 18.4 Å². The molecular formula is C14H17N3O3S. The molecule has 112 valence electrons. The van der Waals surface area contributed by atoms with Gasteiger partial charge in [0.15, 0.2) is 0 Å². The molecule has 6 nitrogen and oxygen atoms in total. The maximum absolute atomic E-state index is 11.7. The molecule has 7 heteroatoms. The minimum Gasteiger partial charge on any atom is -0.494 e. The Labute approximate surface area is 127 Å². The Kier molecular flexibility index (Phi) is 5.51. The first-order valence-corrected chi connectivity index (χ1v) is 7.44. The third-order valence-corrected chi connectivity index (χ3v) is 3.26. The predicted molar refractivity (Wildman–Crippen MR) is 81.0 cm³/mol. The molecule has 0 radical (unpaired) electrons. The Bertz CT molecular complexity index is 583. The van der Waals surface area contributed by atoms with Crippen LogP contribution in [0.15, 0.2) is 24.3 Å². The van der Waals surface area contributed by atoms with E-state index in [9.17, 15) is 4.79 Å². The molecule has 0 saturated carbocycles. The first-order chi connectivity index (χ1) is 10.2. The molecule has 1 N–H and O–H groups in total. The highest BCUT2D eigenvalue weighted by Crippen LogP contribution is 2.18. The molecule has 21 heavy (non-hydrogen) atoms. The van der Waals surface area contributed by atoms with Crippen molar-refractivity contribution in [3.63, 3.8) is 0 Å². The van der Waals surface area contributed by atoms with Crippen LogP contribution in [0.5, 0.6) is 11.5 Å². The molecule has 1 amide bonds. The highest BCUT2D eigenvalue weighted by molar-refractivity contribution is 7.15. The highest BCUT2D eigenvalue weighted by Gasteiger charge is 2.06. The van der Waals surface area contributed by atoms with Crippen LogP contribution >= 0.6 is 11.3 Å². The molecule has 2 rings (SSSR count). The summed E-state index contributed by atoms with van der Waals surface area (Å²) in [5.41, 5.74) is 0. The standard InChI is InChI=1S/C14H17N3O3S/c1-3-19-11-4-6-12(7-5-11)20-9-8-13(18)15-14-17-16-10(2)21-14/h4-7H,3,8-9H2,1-2H3,(H,15,17,18). The number of aromatic nitrogens is 2. The van der Waals surface area contributed by atoms with Gasteiger partial charge in [-0.15, -0.1) is 10.2 Å². The summed E-state index contributed by atoms with van der Waals surface area (Å²) < 4.78 is 10.8. The van der Waals surface area contributed by atoms with Crippen LogP contribution in [0.4, 0.5) is 5.13 Å². The van der Waals surface area contributed by atoms with Gasteiger partial charge in [-0.05, 0) is 38.1 Å². The van der Waals surface area contributed by atoms with Gasteiger partial charge in [-0.2, -0.15) is 0 Å². The Morgan fingerprint density at radius 2 is 1.86 bits per heavy atom. The fraction of sp³-hybridized carbons (Fsp3) is 0.357. The van der Waals surface area contributed by atoms with Gasteiger partial charge in [-0.1, -0.05) is 11.3 Å². The zero-order valence-electron chi connectivity index (χ0n) is 12.0. The maximum Gasteiger partial charge on any atom is 0.229 e. The number of nitrogens with zero attached hydrogens (tertiary/aromatic N) is 2.